The smallest absolute Gasteiger partial charge is 0.0577 e. The third-order valence-electron chi connectivity index (χ3n) is 3.55. The summed E-state index contributed by atoms with van der Waals surface area (Å²) >= 11 is 0. The summed E-state index contributed by atoms with van der Waals surface area (Å²) in [4.78, 5) is 0. The van der Waals surface area contributed by atoms with Crippen molar-refractivity contribution in [1.82, 2.24) is 0 Å². The van der Waals surface area contributed by atoms with Gasteiger partial charge in [0.2, 0.25) is 0 Å². The molecule has 68 valence electrons. The largest absolute Gasteiger partial charge is 0.393 e. The molecule has 0 heterocycles. The van der Waals surface area contributed by atoms with Gasteiger partial charge in [0.15, 0.2) is 0 Å². The number of hydrogen-bond donors (Lipinski definition) is 1. The number of aliphatic hydroxyl groups excluding tert-OH is 1. The minimum Gasteiger partial charge on any atom is -0.393 e. The van der Waals surface area contributed by atoms with E-state index < -0.39 is 0 Å². The number of aliphatic hydroxyl groups is 1. The molecule has 1 N–H and O–H groups in total. The van der Waals surface area contributed by atoms with Gasteiger partial charge in [0.05, 0.1) is 6.10 Å². The van der Waals surface area contributed by atoms with Crippen LogP contribution >= 0.6 is 0 Å². The van der Waals surface area contributed by atoms with Crippen LogP contribution in [0.15, 0.2) is 12.7 Å². The Kier molecular flexibility index (Phi) is 2.22. The Balaban J connectivity index is 1.98. The third-order valence-corrected chi connectivity index (χ3v) is 3.55. The third kappa shape index (κ3) is 1.31. The summed E-state index contributed by atoms with van der Waals surface area (Å²) in [6.07, 6.45) is 8.24. The average Bonchev–Trinajstić information content (AvgIpc) is 2.73. The lowest BCUT2D eigenvalue weighted by Gasteiger charge is -2.12. The molecule has 2 fully saturated rings. The van der Waals surface area contributed by atoms with Crippen molar-refractivity contribution in [3.8, 4) is 0 Å². The van der Waals surface area contributed by atoms with Crippen LogP contribution in [0.2, 0.25) is 0 Å². The second kappa shape index (κ2) is 3.21. The molecule has 2 aliphatic carbocycles. The highest BCUT2D eigenvalue weighted by Crippen LogP contribution is 2.53. The van der Waals surface area contributed by atoms with Gasteiger partial charge < -0.3 is 5.11 Å². The fraction of sp³-hybridized carbons (Fsp3) is 0.818. The normalized spacial score (nSPS) is 47.1. The summed E-state index contributed by atoms with van der Waals surface area (Å²) in [6.45, 7) is 3.83. The van der Waals surface area contributed by atoms with Crippen molar-refractivity contribution >= 4 is 0 Å². The predicted octanol–water partition coefficient (Wildman–Crippen LogP) is 2.36. The van der Waals surface area contributed by atoms with Crippen LogP contribution < -0.4 is 0 Å². The summed E-state index contributed by atoms with van der Waals surface area (Å²) in [6, 6.07) is 0. The molecule has 0 aromatic rings. The van der Waals surface area contributed by atoms with Crippen LogP contribution in [0.3, 0.4) is 0 Å². The van der Waals surface area contributed by atoms with Gasteiger partial charge >= 0.3 is 0 Å². The van der Waals surface area contributed by atoms with Crippen molar-refractivity contribution in [2.75, 3.05) is 0 Å². The highest BCUT2D eigenvalue weighted by molar-refractivity contribution is 5.08. The van der Waals surface area contributed by atoms with E-state index in [4.69, 9.17) is 0 Å². The number of rotatable bonds is 1. The summed E-state index contributed by atoms with van der Waals surface area (Å²) < 4.78 is 0. The van der Waals surface area contributed by atoms with Crippen LogP contribution in [-0.4, -0.2) is 11.2 Å². The molecule has 0 unspecified atom stereocenters. The van der Waals surface area contributed by atoms with Crippen LogP contribution in [0.4, 0.5) is 0 Å². The Morgan fingerprint density at radius 2 is 1.92 bits per heavy atom. The van der Waals surface area contributed by atoms with Crippen LogP contribution in [0.5, 0.6) is 0 Å². The second-order valence-electron chi connectivity index (χ2n) is 4.26. The number of fused-ring (bicyclic) bond motifs is 1. The molecule has 1 heteroatoms. The predicted molar refractivity (Wildman–Crippen MR) is 49.8 cm³/mol. The van der Waals surface area contributed by atoms with Gasteiger partial charge in [-0.25, -0.2) is 0 Å². The van der Waals surface area contributed by atoms with E-state index >= 15 is 0 Å². The Hall–Kier alpha value is -0.300. The van der Waals surface area contributed by atoms with E-state index in [1.165, 1.54) is 25.7 Å². The maximum absolute atomic E-state index is 9.78. The number of allylic oxidation sites excluding steroid dienone is 1. The second-order valence-corrected chi connectivity index (χ2v) is 4.26. The highest BCUT2D eigenvalue weighted by Gasteiger charge is 2.51. The number of hydrogen-bond acceptors (Lipinski definition) is 1. The van der Waals surface area contributed by atoms with Crippen molar-refractivity contribution in [2.45, 2.75) is 38.2 Å². The Labute approximate surface area is 74.5 Å². The summed E-state index contributed by atoms with van der Waals surface area (Å²) in [5.41, 5.74) is 0. The molecule has 0 spiro atoms. The molecule has 12 heavy (non-hydrogen) atoms. The molecule has 0 aromatic carbocycles. The molecule has 0 aliphatic heterocycles. The molecule has 4 atom stereocenters. The zero-order valence-electron chi connectivity index (χ0n) is 7.58. The van der Waals surface area contributed by atoms with E-state index in [9.17, 15) is 5.11 Å². The first-order valence-corrected chi connectivity index (χ1v) is 5.15. The minimum absolute atomic E-state index is 0.0294. The monoisotopic (exact) mass is 166 g/mol. The van der Waals surface area contributed by atoms with E-state index in [2.05, 4.69) is 6.58 Å². The molecule has 2 aliphatic rings. The highest BCUT2D eigenvalue weighted by atomic mass is 16.3. The zero-order valence-corrected chi connectivity index (χ0v) is 7.58. The van der Waals surface area contributed by atoms with Crippen LogP contribution in [0.1, 0.15) is 32.1 Å². The van der Waals surface area contributed by atoms with Gasteiger partial charge in [-0.2, -0.15) is 0 Å². The van der Waals surface area contributed by atoms with Gasteiger partial charge in [-0.05, 0) is 30.6 Å². The summed E-state index contributed by atoms with van der Waals surface area (Å²) in [5, 5.41) is 9.78. The van der Waals surface area contributed by atoms with Crippen molar-refractivity contribution in [3.63, 3.8) is 0 Å². The fourth-order valence-electron chi connectivity index (χ4n) is 2.79. The Morgan fingerprint density at radius 3 is 2.67 bits per heavy atom. The first kappa shape index (κ1) is 8.31. The van der Waals surface area contributed by atoms with Gasteiger partial charge in [0.25, 0.3) is 0 Å². The lowest BCUT2D eigenvalue weighted by molar-refractivity contribution is 0.124. The quantitative estimate of drug-likeness (QED) is 0.593. The Bertz CT molecular complexity index is 176. The van der Waals surface area contributed by atoms with Gasteiger partial charge in [-0.3, -0.25) is 0 Å². The molecule has 2 rings (SSSR count). The van der Waals surface area contributed by atoms with Crippen molar-refractivity contribution in [2.24, 2.45) is 17.8 Å². The van der Waals surface area contributed by atoms with E-state index in [1.807, 2.05) is 6.08 Å². The van der Waals surface area contributed by atoms with E-state index in [-0.39, 0.29) is 6.10 Å². The summed E-state index contributed by atoms with van der Waals surface area (Å²) in [5.74, 6) is 1.98. The first-order chi connectivity index (χ1) is 5.84. The SMILES string of the molecule is C=C[C@H]1[C@@H]2CCCCC[C@@H](O)[C@H]12. The standard InChI is InChI=1S/C11H18O/c1-2-8-9-6-4-3-5-7-10(12)11(8)9/h2,8-12H,1,3-7H2/t8-,9-,10+,11+/m0/s1. The molecule has 1 nitrogen and oxygen atoms in total. The molecular weight excluding hydrogens is 148 g/mol. The van der Waals surface area contributed by atoms with Gasteiger partial charge in [-0.15, -0.1) is 6.58 Å². The molecule has 0 amide bonds. The Morgan fingerprint density at radius 1 is 1.17 bits per heavy atom. The van der Waals surface area contributed by atoms with Gasteiger partial charge in [-0.1, -0.05) is 25.3 Å². The molecule has 0 bridgehead atoms. The van der Waals surface area contributed by atoms with Crippen molar-refractivity contribution < 1.29 is 5.11 Å². The van der Waals surface area contributed by atoms with Crippen molar-refractivity contribution in [1.29, 1.82) is 0 Å². The maximum atomic E-state index is 9.78. The maximum Gasteiger partial charge on any atom is 0.0577 e. The first-order valence-electron chi connectivity index (χ1n) is 5.15. The molecule has 0 aromatic heterocycles. The fourth-order valence-corrected chi connectivity index (χ4v) is 2.79. The minimum atomic E-state index is -0.0294. The van der Waals surface area contributed by atoms with E-state index in [1.54, 1.807) is 0 Å². The van der Waals surface area contributed by atoms with Crippen molar-refractivity contribution in [3.05, 3.63) is 12.7 Å². The lowest BCUT2D eigenvalue weighted by Crippen LogP contribution is -2.12. The van der Waals surface area contributed by atoms with Crippen LogP contribution in [0, 0.1) is 17.8 Å². The van der Waals surface area contributed by atoms with E-state index in [0.717, 1.165) is 12.3 Å². The molecule has 0 saturated heterocycles. The van der Waals surface area contributed by atoms with Crippen LogP contribution in [-0.2, 0) is 0 Å². The summed E-state index contributed by atoms with van der Waals surface area (Å²) in [7, 11) is 0. The average molecular weight is 166 g/mol. The van der Waals surface area contributed by atoms with Gasteiger partial charge in [0, 0.05) is 0 Å². The zero-order chi connectivity index (χ0) is 8.55. The molecule has 0 radical (unpaired) electrons. The van der Waals surface area contributed by atoms with Gasteiger partial charge in [0.1, 0.15) is 0 Å². The van der Waals surface area contributed by atoms with Crippen LogP contribution in [0.25, 0.3) is 0 Å². The molecule has 2 saturated carbocycles. The topological polar surface area (TPSA) is 20.2 Å². The van der Waals surface area contributed by atoms with E-state index in [0.29, 0.717) is 11.8 Å². The lowest BCUT2D eigenvalue weighted by atomic mass is 9.99. The molecular formula is C11H18O.